The zero-order chi connectivity index (χ0) is 10.6. The average Bonchev–Trinajstić information content (AvgIpc) is 2.02. The van der Waals surface area contributed by atoms with Crippen LogP contribution >= 0.6 is 0 Å². The van der Waals surface area contributed by atoms with Crippen molar-refractivity contribution in [2.24, 2.45) is 0 Å². The molecular weight excluding hydrogens is 176 g/mol. The van der Waals surface area contributed by atoms with Crippen LogP contribution in [0.2, 0.25) is 0 Å². The highest BCUT2D eigenvalue weighted by Crippen LogP contribution is 2.05. The molecule has 0 aliphatic heterocycles. The van der Waals surface area contributed by atoms with Gasteiger partial charge in [0.1, 0.15) is 0 Å². The maximum absolute atomic E-state index is 11.4. The van der Waals surface area contributed by atoms with E-state index in [4.69, 9.17) is 0 Å². The second kappa shape index (κ2) is 4.13. The molecule has 1 aromatic carbocycles. The van der Waals surface area contributed by atoms with Crippen molar-refractivity contribution in [1.29, 1.82) is 0 Å². The van der Waals surface area contributed by atoms with Crippen molar-refractivity contribution >= 4 is 11.7 Å². The van der Waals surface area contributed by atoms with Gasteiger partial charge < -0.3 is 10.6 Å². The standard InChI is InChI=1S/C11H16N2O/c1-11(2,3)13-10(14)12-9-7-5-4-6-8-9/h4-8H,1-3H3,(H2,12,13,14). The number of hydrogen-bond acceptors (Lipinski definition) is 1. The van der Waals surface area contributed by atoms with Gasteiger partial charge in [-0.15, -0.1) is 0 Å². The van der Waals surface area contributed by atoms with Crippen molar-refractivity contribution in [2.45, 2.75) is 26.3 Å². The molecule has 76 valence electrons. The van der Waals surface area contributed by atoms with Crippen LogP contribution in [-0.2, 0) is 0 Å². The third-order valence-corrected chi connectivity index (χ3v) is 1.52. The van der Waals surface area contributed by atoms with Gasteiger partial charge in [-0.2, -0.15) is 0 Å². The van der Waals surface area contributed by atoms with Crippen molar-refractivity contribution < 1.29 is 4.79 Å². The van der Waals surface area contributed by atoms with Gasteiger partial charge in [-0.25, -0.2) is 4.79 Å². The number of carbonyl (C=O) groups excluding carboxylic acids is 1. The highest BCUT2D eigenvalue weighted by atomic mass is 16.2. The number of hydrogen-bond donors (Lipinski definition) is 2. The third-order valence-electron chi connectivity index (χ3n) is 1.52. The molecule has 14 heavy (non-hydrogen) atoms. The van der Waals surface area contributed by atoms with E-state index in [9.17, 15) is 4.79 Å². The van der Waals surface area contributed by atoms with E-state index in [0.29, 0.717) is 0 Å². The van der Waals surface area contributed by atoms with Crippen molar-refractivity contribution in [3.8, 4) is 0 Å². The predicted molar refractivity (Wildman–Crippen MR) is 58.3 cm³/mol. The maximum Gasteiger partial charge on any atom is 0.319 e. The molecule has 0 radical (unpaired) electrons. The van der Waals surface area contributed by atoms with E-state index in [1.165, 1.54) is 0 Å². The molecule has 2 N–H and O–H groups in total. The van der Waals surface area contributed by atoms with E-state index in [1.54, 1.807) is 0 Å². The minimum Gasteiger partial charge on any atom is -0.333 e. The van der Waals surface area contributed by atoms with Gasteiger partial charge in [0.05, 0.1) is 0 Å². The molecule has 0 atom stereocenters. The molecule has 0 bridgehead atoms. The molecule has 3 nitrogen and oxygen atoms in total. The Balaban J connectivity index is 2.50. The van der Waals surface area contributed by atoms with Gasteiger partial charge in [-0.3, -0.25) is 0 Å². The summed E-state index contributed by atoms with van der Waals surface area (Å²) in [5, 5.41) is 5.57. The van der Waals surface area contributed by atoms with Crippen LogP contribution in [0.4, 0.5) is 10.5 Å². The van der Waals surface area contributed by atoms with E-state index in [2.05, 4.69) is 10.6 Å². The van der Waals surface area contributed by atoms with Crippen LogP contribution in [0.15, 0.2) is 30.3 Å². The van der Waals surface area contributed by atoms with E-state index in [0.717, 1.165) is 5.69 Å². The number of carbonyl (C=O) groups is 1. The lowest BCUT2D eigenvalue weighted by atomic mass is 10.1. The minimum absolute atomic E-state index is 0.177. The van der Waals surface area contributed by atoms with Gasteiger partial charge in [0.25, 0.3) is 0 Å². The van der Waals surface area contributed by atoms with Gasteiger partial charge in [0, 0.05) is 11.2 Å². The quantitative estimate of drug-likeness (QED) is 0.705. The summed E-state index contributed by atoms with van der Waals surface area (Å²) in [5.41, 5.74) is 0.591. The van der Waals surface area contributed by atoms with Crippen LogP contribution < -0.4 is 10.6 Å². The molecule has 0 aliphatic rings. The highest BCUT2D eigenvalue weighted by Gasteiger charge is 2.12. The average molecular weight is 192 g/mol. The van der Waals surface area contributed by atoms with Crippen LogP contribution in [0.25, 0.3) is 0 Å². The normalized spacial score (nSPS) is 10.8. The summed E-state index contributed by atoms with van der Waals surface area (Å²) in [6.07, 6.45) is 0. The Bertz CT molecular complexity index is 301. The topological polar surface area (TPSA) is 41.1 Å². The summed E-state index contributed by atoms with van der Waals surface area (Å²) in [4.78, 5) is 11.4. The first kappa shape index (κ1) is 10.6. The number of amides is 2. The van der Waals surface area contributed by atoms with E-state index in [-0.39, 0.29) is 11.6 Å². The predicted octanol–water partition coefficient (Wildman–Crippen LogP) is 2.61. The van der Waals surface area contributed by atoms with Crippen molar-refractivity contribution in [2.75, 3.05) is 5.32 Å². The molecular formula is C11H16N2O. The van der Waals surface area contributed by atoms with E-state index in [1.807, 2.05) is 51.1 Å². The molecule has 0 saturated carbocycles. The summed E-state index contributed by atoms with van der Waals surface area (Å²) in [7, 11) is 0. The van der Waals surface area contributed by atoms with Crippen molar-refractivity contribution in [3.05, 3.63) is 30.3 Å². The monoisotopic (exact) mass is 192 g/mol. The number of nitrogens with one attached hydrogen (secondary N) is 2. The van der Waals surface area contributed by atoms with Gasteiger partial charge >= 0.3 is 6.03 Å². The Morgan fingerprint density at radius 3 is 2.21 bits per heavy atom. The molecule has 0 spiro atoms. The van der Waals surface area contributed by atoms with Crippen LogP contribution in [0.3, 0.4) is 0 Å². The summed E-state index contributed by atoms with van der Waals surface area (Å²) in [6, 6.07) is 9.19. The van der Waals surface area contributed by atoms with Crippen LogP contribution in [-0.4, -0.2) is 11.6 Å². The first-order valence-electron chi connectivity index (χ1n) is 4.61. The Morgan fingerprint density at radius 2 is 1.71 bits per heavy atom. The Hall–Kier alpha value is -1.51. The number of benzene rings is 1. The lowest BCUT2D eigenvalue weighted by Gasteiger charge is -2.20. The van der Waals surface area contributed by atoms with Crippen molar-refractivity contribution in [1.82, 2.24) is 5.32 Å². The number of rotatable bonds is 1. The van der Waals surface area contributed by atoms with E-state index >= 15 is 0 Å². The Kier molecular flexibility index (Phi) is 3.12. The number of para-hydroxylation sites is 1. The highest BCUT2D eigenvalue weighted by molar-refractivity contribution is 5.89. The molecule has 2 amide bonds. The summed E-state index contributed by atoms with van der Waals surface area (Å²) in [6.45, 7) is 5.83. The SMILES string of the molecule is CC(C)(C)NC(=O)Nc1ccccc1. The third kappa shape index (κ3) is 3.94. The summed E-state index contributed by atoms with van der Waals surface area (Å²) in [5.74, 6) is 0. The van der Waals surface area contributed by atoms with Gasteiger partial charge in [-0.1, -0.05) is 18.2 Å². The van der Waals surface area contributed by atoms with Gasteiger partial charge in [0.2, 0.25) is 0 Å². The minimum atomic E-state index is -0.209. The fourth-order valence-electron chi connectivity index (χ4n) is 1.02. The molecule has 1 aromatic rings. The van der Waals surface area contributed by atoms with Crippen LogP contribution in [0, 0.1) is 0 Å². The van der Waals surface area contributed by atoms with Crippen LogP contribution in [0.1, 0.15) is 20.8 Å². The van der Waals surface area contributed by atoms with Crippen LogP contribution in [0.5, 0.6) is 0 Å². The number of anilines is 1. The fourth-order valence-corrected chi connectivity index (χ4v) is 1.02. The smallest absolute Gasteiger partial charge is 0.319 e. The second-order valence-corrected chi connectivity index (χ2v) is 4.20. The van der Waals surface area contributed by atoms with Crippen molar-refractivity contribution in [3.63, 3.8) is 0 Å². The first-order chi connectivity index (χ1) is 6.47. The molecule has 3 heteroatoms. The Labute approximate surface area is 84.5 Å². The zero-order valence-electron chi connectivity index (χ0n) is 8.79. The fraction of sp³-hybridized carbons (Fsp3) is 0.364. The molecule has 0 aliphatic carbocycles. The molecule has 1 rings (SSSR count). The molecule has 0 aromatic heterocycles. The molecule has 0 unspecified atom stereocenters. The lowest BCUT2D eigenvalue weighted by Crippen LogP contribution is -2.43. The van der Waals surface area contributed by atoms with Gasteiger partial charge in [0.15, 0.2) is 0 Å². The lowest BCUT2D eigenvalue weighted by molar-refractivity contribution is 0.244. The number of urea groups is 1. The summed E-state index contributed by atoms with van der Waals surface area (Å²) >= 11 is 0. The van der Waals surface area contributed by atoms with E-state index < -0.39 is 0 Å². The second-order valence-electron chi connectivity index (χ2n) is 4.20. The zero-order valence-corrected chi connectivity index (χ0v) is 8.79. The van der Waals surface area contributed by atoms with Gasteiger partial charge in [-0.05, 0) is 32.9 Å². The molecule has 0 saturated heterocycles. The first-order valence-corrected chi connectivity index (χ1v) is 4.61. The molecule has 0 heterocycles. The molecule has 0 fully saturated rings. The maximum atomic E-state index is 11.4. The Morgan fingerprint density at radius 1 is 1.14 bits per heavy atom. The largest absolute Gasteiger partial charge is 0.333 e. The summed E-state index contributed by atoms with van der Waals surface area (Å²) < 4.78 is 0.